The molecule has 2 rings (SSSR count). The van der Waals surface area contributed by atoms with Crippen LogP contribution in [0.2, 0.25) is 0 Å². The lowest BCUT2D eigenvalue weighted by atomic mass is 10.1. The molecule has 1 fully saturated rings. The molecule has 0 aromatic heterocycles. The first-order valence-electron chi connectivity index (χ1n) is 7.50. The van der Waals surface area contributed by atoms with Crippen LogP contribution in [0, 0.1) is 5.92 Å². The molecule has 1 saturated heterocycles. The first-order chi connectivity index (χ1) is 10.6. The van der Waals surface area contributed by atoms with E-state index in [0.717, 1.165) is 5.56 Å². The summed E-state index contributed by atoms with van der Waals surface area (Å²) in [6.45, 7) is 2.88. The van der Waals surface area contributed by atoms with Crippen LogP contribution < -0.4 is 5.32 Å². The van der Waals surface area contributed by atoms with Crippen molar-refractivity contribution in [2.75, 3.05) is 39.8 Å². The Labute approximate surface area is 130 Å². The number of benzene rings is 1. The molecule has 120 valence electrons. The van der Waals surface area contributed by atoms with E-state index in [2.05, 4.69) is 5.32 Å². The largest absolute Gasteiger partial charge is 0.481 e. The quantitative estimate of drug-likeness (QED) is 0.816. The maximum absolute atomic E-state index is 12.4. The second-order valence-corrected chi connectivity index (χ2v) is 5.74. The molecule has 22 heavy (non-hydrogen) atoms. The summed E-state index contributed by atoms with van der Waals surface area (Å²) < 4.78 is 0. The van der Waals surface area contributed by atoms with Crippen molar-refractivity contribution in [3.8, 4) is 0 Å². The van der Waals surface area contributed by atoms with Gasteiger partial charge in [0, 0.05) is 32.7 Å². The van der Waals surface area contributed by atoms with Crippen LogP contribution >= 0.6 is 0 Å². The minimum atomic E-state index is -0.857. The van der Waals surface area contributed by atoms with Crippen molar-refractivity contribution >= 4 is 11.9 Å². The van der Waals surface area contributed by atoms with Gasteiger partial charge in [-0.15, -0.1) is 0 Å². The summed E-state index contributed by atoms with van der Waals surface area (Å²) in [6.07, 6.45) is 0. The topological polar surface area (TPSA) is 72.9 Å². The number of hydrogen-bond donors (Lipinski definition) is 2. The number of rotatable bonds is 5. The summed E-state index contributed by atoms with van der Waals surface area (Å²) in [7, 11) is 1.90. The van der Waals surface area contributed by atoms with E-state index in [1.54, 1.807) is 4.90 Å². The lowest BCUT2D eigenvalue weighted by Crippen LogP contribution is -2.42. The van der Waals surface area contributed by atoms with E-state index >= 15 is 0 Å². The third-order valence-corrected chi connectivity index (χ3v) is 3.79. The number of hydrogen-bond acceptors (Lipinski definition) is 4. The molecule has 0 unspecified atom stereocenters. The zero-order chi connectivity index (χ0) is 15.9. The number of nitrogens with one attached hydrogen (secondary N) is 1. The highest BCUT2D eigenvalue weighted by Crippen LogP contribution is 2.07. The fourth-order valence-electron chi connectivity index (χ4n) is 2.59. The predicted molar refractivity (Wildman–Crippen MR) is 83.4 cm³/mol. The van der Waals surface area contributed by atoms with Gasteiger partial charge in [-0.3, -0.25) is 14.5 Å². The lowest BCUT2D eigenvalue weighted by Gasteiger charge is -2.25. The highest BCUT2D eigenvalue weighted by Gasteiger charge is 2.26. The van der Waals surface area contributed by atoms with E-state index in [9.17, 15) is 9.59 Å². The molecule has 1 atom stereocenters. The Morgan fingerprint density at radius 1 is 1.36 bits per heavy atom. The Morgan fingerprint density at radius 2 is 2.09 bits per heavy atom. The van der Waals surface area contributed by atoms with Crippen LogP contribution in [0.1, 0.15) is 5.56 Å². The molecule has 6 heteroatoms. The number of nitrogens with zero attached hydrogens (tertiary/aromatic N) is 2. The summed E-state index contributed by atoms with van der Waals surface area (Å²) >= 11 is 0. The molecule has 1 aliphatic heterocycles. The zero-order valence-corrected chi connectivity index (χ0v) is 12.9. The van der Waals surface area contributed by atoms with Gasteiger partial charge in [0.15, 0.2) is 0 Å². The molecular weight excluding hydrogens is 282 g/mol. The fourth-order valence-corrected chi connectivity index (χ4v) is 2.59. The zero-order valence-electron chi connectivity index (χ0n) is 12.9. The van der Waals surface area contributed by atoms with Crippen molar-refractivity contribution in [3.05, 3.63) is 35.9 Å². The summed E-state index contributed by atoms with van der Waals surface area (Å²) in [6, 6.07) is 9.96. The van der Waals surface area contributed by atoms with Crippen LogP contribution in [0.5, 0.6) is 0 Å². The normalized spacial score (nSPS) is 19.0. The maximum atomic E-state index is 12.4. The van der Waals surface area contributed by atoms with Gasteiger partial charge in [-0.25, -0.2) is 0 Å². The van der Waals surface area contributed by atoms with E-state index in [-0.39, 0.29) is 12.5 Å². The average molecular weight is 305 g/mol. The van der Waals surface area contributed by atoms with Crippen molar-refractivity contribution in [3.63, 3.8) is 0 Å². The number of amides is 1. The number of carbonyl (C=O) groups excluding carboxylic acids is 1. The van der Waals surface area contributed by atoms with Crippen molar-refractivity contribution in [1.82, 2.24) is 15.1 Å². The highest BCUT2D eigenvalue weighted by atomic mass is 16.4. The summed E-state index contributed by atoms with van der Waals surface area (Å²) in [4.78, 5) is 27.1. The molecule has 1 amide bonds. The van der Waals surface area contributed by atoms with Crippen LogP contribution in [-0.4, -0.2) is 66.6 Å². The van der Waals surface area contributed by atoms with Crippen LogP contribution in [0.15, 0.2) is 30.3 Å². The lowest BCUT2D eigenvalue weighted by molar-refractivity contribution is -0.143. The number of carbonyl (C=O) groups is 2. The Hall–Kier alpha value is -1.92. The van der Waals surface area contributed by atoms with Crippen LogP contribution in [0.4, 0.5) is 0 Å². The molecule has 0 bridgehead atoms. The van der Waals surface area contributed by atoms with Crippen LogP contribution in [-0.2, 0) is 16.1 Å². The van der Waals surface area contributed by atoms with E-state index in [1.165, 1.54) is 0 Å². The van der Waals surface area contributed by atoms with Gasteiger partial charge >= 0.3 is 5.97 Å². The van der Waals surface area contributed by atoms with E-state index in [1.807, 2.05) is 42.3 Å². The Morgan fingerprint density at radius 3 is 2.77 bits per heavy atom. The number of likely N-dealkylation sites (N-methyl/N-ethyl adjacent to an activating group) is 1. The smallest absolute Gasteiger partial charge is 0.309 e. The first kappa shape index (κ1) is 16.5. The van der Waals surface area contributed by atoms with Crippen molar-refractivity contribution in [2.24, 2.45) is 5.92 Å². The monoisotopic (exact) mass is 305 g/mol. The second kappa shape index (κ2) is 7.91. The molecule has 0 spiro atoms. The number of aliphatic carboxylic acids is 1. The van der Waals surface area contributed by atoms with Gasteiger partial charge in [0.2, 0.25) is 5.91 Å². The van der Waals surface area contributed by atoms with Gasteiger partial charge in [0.1, 0.15) is 0 Å². The van der Waals surface area contributed by atoms with Gasteiger partial charge in [0.05, 0.1) is 12.5 Å². The molecule has 2 N–H and O–H groups in total. The third-order valence-electron chi connectivity index (χ3n) is 3.79. The highest BCUT2D eigenvalue weighted by molar-refractivity contribution is 5.79. The SMILES string of the molecule is CN(CC(=O)N1CCNC[C@@H](C(=O)O)C1)Cc1ccccc1. The number of carboxylic acids is 1. The molecule has 1 aliphatic rings. The van der Waals surface area contributed by atoms with Gasteiger partial charge in [0.25, 0.3) is 0 Å². The second-order valence-electron chi connectivity index (χ2n) is 5.74. The van der Waals surface area contributed by atoms with Crippen molar-refractivity contribution in [1.29, 1.82) is 0 Å². The molecule has 1 aromatic rings. The fraction of sp³-hybridized carbons (Fsp3) is 0.500. The van der Waals surface area contributed by atoms with Crippen molar-refractivity contribution < 1.29 is 14.7 Å². The predicted octanol–water partition coefficient (Wildman–Crippen LogP) is 0.251. The summed E-state index contributed by atoms with van der Waals surface area (Å²) in [5.74, 6) is -1.41. The Kier molecular flexibility index (Phi) is 5.91. The maximum Gasteiger partial charge on any atom is 0.309 e. The molecule has 1 aromatic carbocycles. The minimum Gasteiger partial charge on any atom is -0.481 e. The van der Waals surface area contributed by atoms with Gasteiger partial charge in [-0.05, 0) is 12.6 Å². The Bertz CT molecular complexity index is 507. The molecule has 0 saturated carbocycles. The van der Waals surface area contributed by atoms with E-state index in [0.29, 0.717) is 32.7 Å². The van der Waals surface area contributed by atoms with Gasteiger partial charge in [-0.1, -0.05) is 30.3 Å². The summed E-state index contributed by atoms with van der Waals surface area (Å²) in [5, 5.41) is 12.2. The third kappa shape index (κ3) is 4.82. The average Bonchev–Trinajstić information content (AvgIpc) is 2.74. The molecule has 6 nitrogen and oxygen atoms in total. The molecule has 0 radical (unpaired) electrons. The van der Waals surface area contributed by atoms with Crippen LogP contribution in [0.3, 0.4) is 0 Å². The molecule has 0 aliphatic carbocycles. The standard InChI is InChI=1S/C16H23N3O3/c1-18(10-13-5-3-2-4-6-13)12-15(20)19-8-7-17-9-14(11-19)16(21)22/h2-6,14,17H,7-12H2,1H3,(H,21,22)/t14-/m1/s1. The van der Waals surface area contributed by atoms with Crippen molar-refractivity contribution in [2.45, 2.75) is 6.54 Å². The van der Waals surface area contributed by atoms with E-state index < -0.39 is 11.9 Å². The first-order valence-corrected chi connectivity index (χ1v) is 7.50. The van der Waals surface area contributed by atoms with Gasteiger partial charge in [-0.2, -0.15) is 0 Å². The van der Waals surface area contributed by atoms with Gasteiger partial charge < -0.3 is 15.3 Å². The summed E-state index contributed by atoms with van der Waals surface area (Å²) in [5.41, 5.74) is 1.15. The Balaban J connectivity index is 1.88. The molecule has 1 heterocycles. The van der Waals surface area contributed by atoms with E-state index in [4.69, 9.17) is 5.11 Å². The number of carboxylic acid groups (broad SMARTS) is 1. The minimum absolute atomic E-state index is 0.0200. The molecular formula is C16H23N3O3. The van der Waals surface area contributed by atoms with Crippen LogP contribution in [0.25, 0.3) is 0 Å².